The number of sulfonamides is 1. The quantitative estimate of drug-likeness (QED) is 0.769. The van der Waals surface area contributed by atoms with Crippen LogP contribution in [0.4, 0.5) is 0 Å². The van der Waals surface area contributed by atoms with Crippen LogP contribution in [0.15, 0.2) is 29.2 Å². The lowest BCUT2D eigenvalue weighted by atomic mass is 10.0. The topological polar surface area (TPSA) is 75.6 Å². The van der Waals surface area contributed by atoms with Crippen molar-refractivity contribution in [3.05, 3.63) is 24.3 Å². The number of aliphatic hydroxyl groups excluding tert-OH is 1. The summed E-state index contributed by atoms with van der Waals surface area (Å²) in [4.78, 5) is 0.162. The molecule has 0 spiro atoms. The average Bonchev–Trinajstić information content (AvgIpc) is 2.45. The summed E-state index contributed by atoms with van der Waals surface area (Å²) in [6.45, 7) is 5.84. The summed E-state index contributed by atoms with van der Waals surface area (Å²) < 4.78 is 32.4. The van der Waals surface area contributed by atoms with Gasteiger partial charge in [0.2, 0.25) is 10.0 Å². The lowest BCUT2D eigenvalue weighted by Gasteiger charge is -2.26. The normalized spacial score (nSPS) is 14.8. The van der Waals surface area contributed by atoms with Crippen molar-refractivity contribution in [3.63, 3.8) is 0 Å². The molecule has 0 amide bonds. The maximum absolute atomic E-state index is 12.2. The number of ether oxygens (including phenoxy) is 1. The molecule has 0 fully saturated rings. The first-order valence-corrected chi connectivity index (χ1v) is 8.23. The predicted octanol–water partition coefficient (Wildman–Crippen LogP) is 1.91. The van der Waals surface area contributed by atoms with E-state index in [0.29, 0.717) is 18.8 Å². The highest BCUT2D eigenvalue weighted by molar-refractivity contribution is 7.89. The molecule has 6 heteroatoms. The van der Waals surface area contributed by atoms with E-state index in [1.807, 2.05) is 13.8 Å². The minimum Gasteiger partial charge on any atom is -0.494 e. The van der Waals surface area contributed by atoms with Crippen molar-refractivity contribution in [2.24, 2.45) is 0 Å². The number of hydrogen-bond donors (Lipinski definition) is 2. The summed E-state index contributed by atoms with van der Waals surface area (Å²) in [5.74, 6) is 0.645. The van der Waals surface area contributed by atoms with E-state index in [-0.39, 0.29) is 11.5 Å². The summed E-state index contributed by atoms with van der Waals surface area (Å²) in [7, 11) is -3.64. The highest BCUT2D eigenvalue weighted by Gasteiger charge is 2.28. The molecule has 0 aliphatic carbocycles. The standard InChI is InChI=1S/C14H23NO4S/c1-4-10-19-12-6-8-13(9-7-12)20(17,18)15-14(3,5-2)11-16/h6-9,15-16H,4-5,10-11H2,1-3H3. The van der Waals surface area contributed by atoms with Crippen LogP contribution in [0.5, 0.6) is 5.75 Å². The molecule has 0 aliphatic heterocycles. The van der Waals surface area contributed by atoms with E-state index < -0.39 is 15.6 Å². The van der Waals surface area contributed by atoms with E-state index in [0.717, 1.165) is 6.42 Å². The third kappa shape index (κ3) is 4.47. The molecular weight excluding hydrogens is 278 g/mol. The van der Waals surface area contributed by atoms with Crippen molar-refractivity contribution in [2.45, 2.75) is 44.0 Å². The van der Waals surface area contributed by atoms with Crippen molar-refractivity contribution in [2.75, 3.05) is 13.2 Å². The number of hydrogen-bond acceptors (Lipinski definition) is 4. The van der Waals surface area contributed by atoms with Crippen molar-refractivity contribution >= 4 is 10.0 Å². The van der Waals surface area contributed by atoms with Gasteiger partial charge < -0.3 is 9.84 Å². The van der Waals surface area contributed by atoms with E-state index in [2.05, 4.69) is 4.72 Å². The molecule has 5 nitrogen and oxygen atoms in total. The Kier molecular flexibility index (Phi) is 5.98. The monoisotopic (exact) mass is 301 g/mol. The zero-order valence-electron chi connectivity index (χ0n) is 12.2. The Bertz CT molecular complexity index is 506. The first-order chi connectivity index (χ1) is 9.37. The molecule has 0 radical (unpaired) electrons. The highest BCUT2D eigenvalue weighted by Crippen LogP contribution is 2.19. The lowest BCUT2D eigenvalue weighted by Crippen LogP contribution is -2.48. The van der Waals surface area contributed by atoms with Gasteiger partial charge in [-0.2, -0.15) is 0 Å². The molecule has 1 atom stereocenters. The molecular formula is C14H23NO4S. The average molecular weight is 301 g/mol. The van der Waals surface area contributed by atoms with Crippen molar-refractivity contribution in [3.8, 4) is 5.75 Å². The van der Waals surface area contributed by atoms with Crippen LogP contribution in [0.25, 0.3) is 0 Å². The summed E-state index contributed by atoms with van der Waals surface area (Å²) in [5.41, 5.74) is -0.851. The Hall–Kier alpha value is -1.11. The Morgan fingerprint density at radius 1 is 1.25 bits per heavy atom. The van der Waals surface area contributed by atoms with Gasteiger partial charge in [-0.05, 0) is 44.0 Å². The molecule has 2 N–H and O–H groups in total. The third-order valence-corrected chi connectivity index (χ3v) is 4.77. The number of rotatable bonds is 8. The second kappa shape index (κ2) is 7.06. The van der Waals surface area contributed by atoms with Gasteiger partial charge in [0.15, 0.2) is 0 Å². The van der Waals surface area contributed by atoms with Crippen LogP contribution < -0.4 is 9.46 Å². The maximum atomic E-state index is 12.2. The predicted molar refractivity (Wildman–Crippen MR) is 78.3 cm³/mol. The van der Waals surface area contributed by atoms with Gasteiger partial charge in [0.1, 0.15) is 5.75 Å². The molecule has 0 saturated carbocycles. The molecule has 0 aromatic heterocycles. The van der Waals surface area contributed by atoms with Gasteiger partial charge in [-0.1, -0.05) is 13.8 Å². The fourth-order valence-corrected chi connectivity index (χ4v) is 3.00. The summed E-state index contributed by atoms with van der Waals surface area (Å²) in [5, 5.41) is 9.29. The van der Waals surface area contributed by atoms with E-state index in [1.165, 1.54) is 12.1 Å². The zero-order chi connectivity index (χ0) is 15.2. The smallest absolute Gasteiger partial charge is 0.241 e. The molecule has 1 rings (SSSR count). The van der Waals surface area contributed by atoms with Gasteiger partial charge in [-0.25, -0.2) is 13.1 Å². The number of benzene rings is 1. The fraction of sp³-hybridized carbons (Fsp3) is 0.571. The Labute approximate surface area is 121 Å². The minimum atomic E-state index is -3.64. The molecule has 114 valence electrons. The van der Waals surface area contributed by atoms with Gasteiger partial charge in [-0.15, -0.1) is 0 Å². The van der Waals surface area contributed by atoms with Gasteiger partial charge >= 0.3 is 0 Å². The lowest BCUT2D eigenvalue weighted by molar-refractivity contribution is 0.191. The SMILES string of the molecule is CCCOc1ccc(S(=O)(=O)NC(C)(CC)CO)cc1. The Morgan fingerprint density at radius 2 is 1.85 bits per heavy atom. The van der Waals surface area contributed by atoms with Crippen LogP contribution in [0, 0.1) is 0 Å². The summed E-state index contributed by atoms with van der Waals surface area (Å²) >= 11 is 0. The molecule has 0 heterocycles. The molecule has 1 aromatic rings. The van der Waals surface area contributed by atoms with Gasteiger partial charge in [0.05, 0.1) is 23.6 Å². The van der Waals surface area contributed by atoms with Crippen LogP contribution >= 0.6 is 0 Å². The van der Waals surface area contributed by atoms with E-state index in [4.69, 9.17) is 4.74 Å². The molecule has 0 saturated heterocycles. The van der Waals surface area contributed by atoms with Crippen LogP contribution in [0.2, 0.25) is 0 Å². The van der Waals surface area contributed by atoms with Crippen LogP contribution in [-0.2, 0) is 10.0 Å². The Balaban J connectivity index is 2.88. The third-order valence-electron chi connectivity index (χ3n) is 3.12. The van der Waals surface area contributed by atoms with Gasteiger partial charge in [0.25, 0.3) is 0 Å². The van der Waals surface area contributed by atoms with Crippen LogP contribution in [0.3, 0.4) is 0 Å². The van der Waals surface area contributed by atoms with E-state index >= 15 is 0 Å². The summed E-state index contributed by atoms with van der Waals surface area (Å²) in [6.07, 6.45) is 1.40. The second-order valence-corrected chi connectivity index (χ2v) is 6.68. The highest BCUT2D eigenvalue weighted by atomic mass is 32.2. The molecule has 20 heavy (non-hydrogen) atoms. The molecule has 1 aromatic carbocycles. The van der Waals surface area contributed by atoms with Gasteiger partial charge in [0, 0.05) is 0 Å². The Morgan fingerprint density at radius 3 is 2.30 bits per heavy atom. The maximum Gasteiger partial charge on any atom is 0.241 e. The first-order valence-electron chi connectivity index (χ1n) is 6.74. The molecule has 1 unspecified atom stereocenters. The largest absolute Gasteiger partial charge is 0.494 e. The van der Waals surface area contributed by atoms with Crippen LogP contribution in [0.1, 0.15) is 33.6 Å². The second-order valence-electron chi connectivity index (χ2n) is 5.00. The fourth-order valence-electron chi connectivity index (χ4n) is 1.53. The molecule has 0 bridgehead atoms. The summed E-state index contributed by atoms with van der Waals surface area (Å²) in [6, 6.07) is 6.26. The number of aliphatic hydroxyl groups is 1. The molecule has 0 aliphatic rings. The van der Waals surface area contributed by atoms with Crippen molar-refractivity contribution in [1.29, 1.82) is 0 Å². The first kappa shape index (κ1) is 16.9. The number of nitrogens with one attached hydrogen (secondary N) is 1. The minimum absolute atomic E-state index is 0.162. The van der Waals surface area contributed by atoms with Crippen molar-refractivity contribution in [1.82, 2.24) is 4.72 Å². The van der Waals surface area contributed by atoms with E-state index in [9.17, 15) is 13.5 Å². The zero-order valence-corrected chi connectivity index (χ0v) is 13.0. The van der Waals surface area contributed by atoms with Crippen LogP contribution in [-0.4, -0.2) is 32.3 Å². The van der Waals surface area contributed by atoms with E-state index in [1.54, 1.807) is 19.1 Å². The van der Waals surface area contributed by atoms with Gasteiger partial charge in [-0.3, -0.25) is 0 Å². The van der Waals surface area contributed by atoms with Crippen molar-refractivity contribution < 1.29 is 18.3 Å².